The van der Waals surface area contributed by atoms with Crippen molar-refractivity contribution in [2.45, 2.75) is 0 Å². The van der Waals surface area contributed by atoms with Crippen molar-refractivity contribution in [2.75, 3.05) is 5.32 Å². The standard InChI is InChI=1S/C17H9F2N3OS2/c18-10-2-3-11(12(19)6-10)14-7-24-17(21-14)22-16(23)9-1-4-13-15(5-9)25-8-20-13/h1-8H,(H,21,22,23). The van der Waals surface area contributed by atoms with Gasteiger partial charge in [0.05, 0.1) is 21.4 Å². The number of benzene rings is 2. The highest BCUT2D eigenvalue weighted by Gasteiger charge is 2.13. The van der Waals surface area contributed by atoms with E-state index in [2.05, 4.69) is 15.3 Å². The summed E-state index contributed by atoms with van der Waals surface area (Å²) in [7, 11) is 0. The van der Waals surface area contributed by atoms with Gasteiger partial charge in [-0.3, -0.25) is 10.1 Å². The van der Waals surface area contributed by atoms with E-state index in [1.54, 1.807) is 29.1 Å². The molecule has 0 radical (unpaired) electrons. The molecule has 0 saturated carbocycles. The highest BCUT2D eigenvalue weighted by molar-refractivity contribution is 7.16. The maximum atomic E-state index is 13.8. The molecule has 4 aromatic rings. The van der Waals surface area contributed by atoms with Crippen LogP contribution in [0.15, 0.2) is 47.3 Å². The second-order valence-electron chi connectivity index (χ2n) is 5.15. The summed E-state index contributed by atoms with van der Waals surface area (Å²) in [6.07, 6.45) is 0. The molecule has 0 aliphatic carbocycles. The molecule has 0 fully saturated rings. The van der Waals surface area contributed by atoms with Crippen molar-refractivity contribution in [1.82, 2.24) is 9.97 Å². The number of hydrogen-bond donors (Lipinski definition) is 1. The largest absolute Gasteiger partial charge is 0.298 e. The Morgan fingerprint density at radius 2 is 1.96 bits per heavy atom. The average Bonchev–Trinajstić information content (AvgIpc) is 3.23. The molecule has 124 valence electrons. The molecule has 4 rings (SSSR count). The first-order valence-electron chi connectivity index (χ1n) is 7.16. The van der Waals surface area contributed by atoms with E-state index >= 15 is 0 Å². The van der Waals surface area contributed by atoms with Gasteiger partial charge in [-0.15, -0.1) is 22.7 Å². The Bertz CT molecular complexity index is 1090. The first-order chi connectivity index (χ1) is 12.1. The predicted molar refractivity (Wildman–Crippen MR) is 95.0 cm³/mol. The lowest BCUT2D eigenvalue weighted by molar-refractivity contribution is 0.102. The van der Waals surface area contributed by atoms with Crippen LogP contribution in [0.1, 0.15) is 10.4 Å². The average molecular weight is 373 g/mol. The number of amides is 1. The SMILES string of the molecule is O=C(Nc1nc(-c2ccc(F)cc2F)cs1)c1ccc2ncsc2c1. The molecule has 8 heteroatoms. The molecule has 2 aromatic heterocycles. The molecule has 0 atom stereocenters. The van der Waals surface area contributed by atoms with E-state index in [1.807, 2.05) is 0 Å². The lowest BCUT2D eigenvalue weighted by atomic mass is 10.1. The van der Waals surface area contributed by atoms with Gasteiger partial charge in [0.1, 0.15) is 11.6 Å². The van der Waals surface area contributed by atoms with Gasteiger partial charge in [-0.05, 0) is 30.3 Å². The summed E-state index contributed by atoms with van der Waals surface area (Å²) in [5.74, 6) is -1.65. The number of carbonyl (C=O) groups excluding carboxylic acids is 1. The molecule has 1 N–H and O–H groups in total. The van der Waals surface area contributed by atoms with Gasteiger partial charge in [-0.1, -0.05) is 0 Å². The van der Waals surface area contributed by atoms with Crippen LogP contribution < -0.4 is 5.32 Å². The zero-order chi connectivity index (χ0) is 17.4. The second-order valence-corrected chi connectivity index (χ2v) is 6.90. The van der Waals surface area contributed by atoms with Gasteiger partial charge in [0.2, 0.25) is 0 Å². The number of halogens is 2. The van der Waals surface area contributed by atoms with Crippen LogP contribution in [0, 0.1) is 11.6 Å². The maximum absolute atomic E-state index is 13.8. The fraction of sp³-hybridized carbons (Fsp3) is 0. The number of carbonyl (C=O) groups is 1. The molecule has 25 heavy (non-hydrogen) atoms. The van der Waals surface area contributed by atoms with E-state index in [4.69, 9.17) is 0 Å². The lowest BCUT2D eigenvalue weighted by Gasteiger charge is -2.02. The van der Waals surface area contributed by atoms with Crippen molar-refractivity contribution in [3.63, 3.8) is 0 Å². The third-order valence-electron chi connectivity index (χ3n) is 3.53. The van der Waals surface area contributed by atoms with Crippen LogP contribution >= 0.6 is 22.7 Å². The summed E-state index contributed by atoms with van der Waals surface area (Å²) < 4.78 is 27.7. The number of hydrogen-bond acceptors (Lipinski definition) is 5. The summed E-state index contributed by atoms with van der Waals surface area (Å²) in [4.78, 5) is 20.7. The minimum absolute atomic E-state index is 0.184. The molecule has 0 aliphatic rings. The van der Waals surface area contributed by atoms with Gasteiger partial charge in [0.15, 0.2) is 5.13 Å². The highest BCUT2D eigenvalue weighted by atomic mass is 32.1. The summed E-state index contributed by atoms with van der Waals surface area (Å²) in [5.41, 5.74) is 3.57. The zero-order valence-corrected chi connectivity index (χ0v) is 14.1. The minimum atomic E-state index is -0.696. The Labute approximate surface area is 148 Å². The molecule has 0 unspecified atom stereocenters. The van der Waals surface area contributed by atoms with Crippen LogP contribution in [0.2, 0.25) is 0 Å². The van der Waals surface area contributed by atoms with E-state index in [-0.39, 0.29) is 11.5 Å². The summed E-state index contributed by atoms with van der Waals surface area (Å²) in [5, 5.41) is 4.64. The molecule has 1 amide bonds. The van der Waals surface area contributed by atoms with Crippen molar-refractivity contribution in [3.8, 4) is 11.3 Å². The molecule has 2 aromatic carbocycles. The fourth-order valence-electron chi connectivity index (χ4n) is 2.32. The molecule has 2 heterocycles. The Hall–Kier alpha value is -2.71. The van der Waals surface area contributed by atoms with Crippen LogP contribution in [-0.4, -0.2) is 15.9 Å². The fourth-order valence-corrected chi connectivity index (χ4v) is 3.74. The molecule has 0 aliphatic heterocycles. The second kappa shape index (κ2) is 6.30. The van der Waals surface area contributed by atoms with Crippen LogP contribution in [0.5, 0.6) is 0 Å². The van der Waals surface area contributed by atoms with Crippen molar-refractivity contribution >= 4 is 43.9 Å². The number of thiazole rings is 2. The van der Waals surface area contributed by atoms with Crippen molar-refractivity contribution in [2.24, 2.45) is 0 Å². The van der Waals surface area contributed by atoms with E-state index in [9.17, 15) is 13.6 Å². The first kappa shape index (κ1) is 15.8. The molecular formula is C17H9F2N3OS2. The number of aromatic nitrogens is 2. The number of nitrogens with zero attached hydrogens (tertiary/aromatic N) is 2. The van der Waals surface area contributed by atoms with Crippen molar-refractivity contribution in [1.29, 1.82) is 0 Å². The van der Waals surface area contributed by atoms with Crippen LogP contribution in [-0.2, 0) is 0 Å². The Balaban J connectivity index is 1.56. The lowest BCUT2D eigenvalue weighted by Crippen LogP contribution is -2.11. The number of anilines is 1. The number of rotatable bonds is 3. The van der Waals surface area contributed by atoms with E-state index in [0.29, 0.717) is 16.4 Å². The maximum Gasteiger partial charge on any atom is 0.257 e. The quantitative estimate of drug-likeness (QED) is 0.553. The third kappa shape index (κ3) is 3.13. The van der Waals surface area contributed by atoms with Crippen molar-refractivity contribution in [3.05, 3.63) is 64.5 Å². The zero-order valence-electron chi connectivity index (χ0n) is 12.5. The summed E-state index contributed by atoms with van der Waals surface area (Å²) >= 11 is 2.63. The van der Waals surface area contributed by atoms with Crippen LogP contribution in [0.25, 0.3) is 21.5 Å². The summed E-state index contributed by atoms with van der Waals surface area (Å²) in [6.45, 7) is 0. The number of nitrogens with one attached hydrogen (secondary N) is 1. The Morgan fingerprint density at radius 1 is 1.08 bits per heavy atom. The van der Waals surface area contributed by atoms with E-state index < -0.39 is 11.6 Å². The van der Waals surface area contributed by atoms with Gasteiger partial charge in [-0.25, -0.2) is 18.7 Å². The van der Waals surface area contributed by atoms with E-state index in [1.165, 1.54) is 34.8 Å². The predicted octanol–water partition coefficient (Wildman–Crippen LogP) is 4.95. The third-order valence-corrected chi connectivity index (χ3v) is 5.07. The van der Waals surface area contributed by atoms with Gasteiger partial charge >= 0.3 is 0 Å². The Morgan fingerprint density at radius 3 is 2.80 bits per heavy atom. The molecule has 0 bridgehead atoms. The molecule has 4 nitrogen and oxygen atoms in total. The van der Waals surface area contributed by atoms with Crippen LogP contribution in [0.3, 0.4) is 0 Å². The van der Waals surface area contributed by atoms with Crippen LogP contribution in [0.4, 0.5) is 13.9 Å². The molecule has 0 spiro atoms. The van der Waals surface area contributed by atoms with Gasteiger partial charge in [0.25, 0.3) is 5.91 Å². The minimum Gasteiger partial charge on any atom is -0.298 e. The van der Waals surface area contributed by atoms with Gasteiger partial charge in [0, 0.05) is 22.6 Å². The van der Waals surface area contributed by atoms with Gasteiger partial charge < -0.3 is 0 Å². The monoisotopic (exact) mass is 373 g/mol. The summed E-state index contributed by atoms with van der Waals surface area (Å²) in [6, 6.07) is 8.52. The molecular weight excluding hydrogens is 364 g/mol. The smallest absolute Gasteiger partial charge is 0.257 e. The van der Waals surface area contributed by atoms with E-state index in [0.717, 1.165) is 16.3 Å². The van der Waals surface area contributed by atoms with Gasteiger partial charge in [-0.2, -0.15) is 0 Å². The molecule has 0 saturated heterocycles. The Kier molecular flexibility index (Phi) is 3.98. The topological polar surface area (TPSA) is 54.9 Å². The number of fused-ring (bicyclic) bond motifs is 1. The van der Waals surface area contributed by atoms with Crippen molar-refractivity contribution < 1.29 is 13.6 Å². The first-order valence-corrected chi connectivity index (χ1v) is 8.91. The highest BCUT2D eigenvalue weighted by Crippen LogP contribution is 2.28. The normalized spacial score (nSPS) is 11.0.